The number of rotatable bonds is 4. The van der Waals surface area contributed by atoms with Crippen LogP contribution in [0.4, 0.5) is 17.1 Å². The Morgan fingerprint density at radius 2 is 0.930 bits per heavy atom. The molecule has 8 aromatic carbocycles. The van der Waals surface area contributed by atoms with Crippen molar-refractivity contribution >= 4 is 103 Å². The van der Waals surface area contributed by atoms with E-state index >= 15 is 0 Å². The van der Waals surface area contributed by atoms with Crippen LogP contribution >= 0.6 is 11.3 Å². The van der Waals surface area contributed by atoms with Gasteiger partial charge < -0.3 is 13.7 Å². The summed E-state index contributed by atoms with van der Waals surface area (Å²) >= 11 is 1.87. The number of para-hydroxylation sites is 3. The Labute approximate surface area is 334 Å². The van der Waals surface area contributed by atoms with E-state index in [1.807, 2.05) is 11.3 Å². The highest BCUT2D eigenvalue weighted by Gasteiger charge is 2.26. The minimum Gasteiger partial charge on any atom is -0.308 e. The zero-order valence-corrected chi connectivity index (χ0v) is 33.4. The lowest BCUT2D eigenvalue weighted by atomic mass is 9.86. The van der Waals surface area contributed by atoms with E-state index in [-0.39, 0.29) is 0 Å². The highest BCUT2D eigenvalue weighted by Crippen LogP contribution is 2.48. The average Bonchev–Trinajstić information content (AvgIpc) is 3.91. The monoisotopic (exact) mass is 749 g/mol. The number of anilines is 3. The Hall–Kier alpha value is -6.62. The SMILES string of the molecule is Cc1c(C)c(C)c(-c2ccc(N(c3ccc4sc5ccccc5c4c3)c3cccc4c3n3c5ccccc5c5ccc6c7ccccc7n4c6c53)cc2)c(C)c1C. The topological polar surface area (TPSA) is 12.1 Å². The fourth-order valence-corrected chi connectivity index (χ4v) is 11.2. The summed E-state index contributed by atoms with van der Waals surface area (Å²) in [5.74, 6) is 0. The average molecular weight is 750 g/mol. The molecule has 0 aliphatic rings. The highest BCUT2D eigenvalue weighted by atomic mass is 32.1. The molecule has 4 heterocycles. The second-order valence-corrected chi connectivity index (χ2v) is 17.0. The first kappa shape index (κ1) is 32.6. The normalized spacial score (nSPS) is 12.3. The van der Waals surface area contributed by atoms with Crippen LogP contribution in [0.2, 0.25) is 0 Å². The van der Waals surface area contributed by atoms with E-state index in [1.165, 1.54) is 114 Å². The number of thiophene rings is 1. The third-order valence-corrected chi connectivity index (χ3v) is 14.4. The lowest BCUT2D eigenvalue weighted by Gasteiger charge is -2.28. The van der Waals surface area contributed by atoms with Crippen LogP contribution in [0.3, 0.4) is 0 Å². The maximum Gasteiger partial charge on any atom is 0.0947 e. The summed E-state index contributed by atoms with van der Waals surface area (Å²) in [6.07, 6.45) is 0. The van der Waals surface area contributed by atoms with Gasteiger partial charge in [0, 0.05) is 53.1 Å². The molecule has 12 aromatic rings. The van der Waals surface area contributed by atoms with Crippen molar-refractivity contribution < 1.29 is 0 Å². The van der Waals surface area contributed by atoms with Crippen molar-refractivity contribution in [2.45, 2.75) is 34.6 Å². The van der Waals surface area contributed by atoms with E-state index in [2.05, 4.69) is 194 Å². The smallest absolute Gasteiger partial charge is 0.0947 e. The molecule has 0 amide bonds. The molecule has 0 fully saturated rings. The van der Waals surface area contributed by atoms with Gasteiger partial charge in [0.25, 0.3) is 0 Å². The lowest BCUT2D eigenvalue weighted by molar-refractivity contribution is 1.18. The molecular formula is C53H39N3S. The maximum atomic E-state index is 2.56. The molecule has 0 unspecified atom stereocenters. The zero-order valence-electron chi connectivity index (χ0n) is 32.6. The number of aromatic nitrogens is 2. The van der Waals surface area contributed by atoms with Gasteiger partial charge in [0.1, 0.15) is 0 Å². The molecule has 0 aliphatic heterocycles. The van der Waals surface area contributed by atoms with E-state index in [0.29, 0.717) is 0 Å². The number of hydrogen-bond acceptors (Lipinski definition) is 2. The van der Waals surface area contributed by atoms with Gasteiger partial charge in [-0.05, 0) is 134 Å². The first-order valence-corrected chi connectivity index (χ1v) is 20.7. The molecule has 12 rings (SSSR count). The molecule has 0 saturated heterocycles. The Morgan fingerprint density at radius 1 is 0.386 bits per heavy atom. The maximum absolute atomic E-state index is 2.56. The van der Waals surface area contributed by atoms with Crippen LogP contribution in [0.1, 0.15) is 27.8 Å². The fraction of sp³-hybridized carbons (Fsp3) is 0.0943. The van der Waals surface area contributed by atoms with Crippen molar-refractivity contribution in [1.82, 2.24) is 8.80 Å². The van der Waals surface area contributed by atoms with Gasteiger partial charge in [-0.15, -0.1) is 11.3 Å². The summed E-state index contributed by atoms with van der Waals surface area (Å²) < 4.78 is 7.69. The van der Waals surface area contributed by atoms with Gasteiger partial charge >= 0.3 is 0 Å². The van der Waals surface area contributed by atoms with Crippen LogP contribution in [-0.4, -0.2) is 8.80 Å². The number of benzene rings is 8. The predicted molar refractivity (Wildman–Crippen MR) is 246 cm³/mol. The van der Waals surface area contributed by atoms with Gasteiger partial charge in [0.05, 0.1) is 38.8 Å². The molecule has 0 aliphatic carbocycles. The van der Waals surface area contributed by atoms with Gasteiger partial charge in [-0.2, -0.15) is 0 Å². The van der Waals surface area contributed by atoms with Gasteiger partial charge in [0.15, 0.2) is 0 Å². The molecule has 0 saturated carbocycles. The Morgan fingerprint density at radius 3 is 1.63 bits per heavy atom. The van der Waals surface area contributed by atoms with Gasteiger partial charge in [0.2, 0.25) is 0 Å². The summed E-state index contributed by atoms with van der Waals surface area (Å²) in [5.41, 5.74) is 20.2. The largest absolute Gasteiger partial charge is 0.308 e. The standard InChI is InChI=1S/C53H39N3S/c1-30-31(2)33(4)50(34(5)32(30)3)35-21-23-36(24-22-35)54(37-25-28-49-43(29-37)40-15-8-11-20-48(40)57-49)46-18-12-19-47-53(46)56-45-17-10-7-14-39(45)42-27-26-41-38-13-6-9-16-44(38)55(47)51(41)52(42)56/h6-29H,1-5H3. The van der Waals surface area contributed by atoms with Crippen LogP contribution in [-0.2, 0) is 0 Å². The molecular weight excluding hydrogens is 711 g/mol. The van der Waals surface area contributed by atoms with Gasteiger partial charge in [-0.25, -0.2) is 0 Å². The highest BCUT2D eigenvalue weighted by molar-refractivity contribution is 7.25. The molecule has 4 aromatic heterocycles. The molecule has 0 N–H and O–H groups in total. The van der Waals surface area contributed by atoms with Crippen molar-refractivity contribution in [2.24, 2.45) is 0 Å². The number of hydrogen-bond donors (Lipinski definition) is 0. The van der Waals surface area contributed by atoms with E-state index in [0.717, 1.165) is 17.1 Å². The van der Waals surface area contributed by atoms with E-state index in [4.69, 9.17) is 0 Å². The van der Waals surface area contributed by atoms with Crippen LogP contribution < -0.4 is 4.90 Å². The van der Waals surface area contributed by atoms with E-state index < -0.39 is 0 Å². The molecule has 3 nitrogen and oxygen atoms in total. The summed E-state index contributed by atoms with van der Waals surface area (Å²) in [4.78, 5) is 2.50. The molecule has 272 valence electrons. The lowest BCUT2D eigenvalue weighted by Crippen LogP contribution is -2.12. The molecule has 57 heavy (non-hydrogen) atoms. The van der Waals surface area contributed by atoms with Gasteiger partial charge in [-0.3, -0.25) is 0 Å². The summed E-state index contributed by atoms with van der Waals surface area (Å²) in [6.45, 7) is 11.3. The third-order valence-electron chi connectivity index (χ3n) is 13.2. The fourth-order valence-electron chi connectivity index (χ4n) is 10.1. The Balaban J connectivity index is 1.21. The van der Waals surface area contributed by atoms with E-state index in [1.54, 1.807) is 0 Å². The summed E-state index contributed by atoms with van der Waals surface area (Å²) in [7, 11) is 0. The second kappa shape index (κ2) is 11.7. The van der Waals surface area contributed by atoms with Gasteiger partial charge in [-0.1, -0.05) is 84.9 Å². The quantitative estimate of drug-likeness (QED) is 0.163. The molecule has 0 atom stereocenters. The van der Waals surface area contributed by atoms with Crippen LogP contribution in [0.5, 0.6) is 0 Å². The molecule has 0 bridgehead atoms. The van der Waals surface area contributed by atoms with Crippen LogP contribution in [0, 0.1) is 34.6 Å². The van der Waals surface area contributed by atoms with Crippen LogP contribution in [0.15, 0.2) is 146 Å². The Kier molecular flexibility index (Phi) is 6.69. The van der Waals surface area contributed by atoms with E-state index in [9.17, 15) is 0 Å². The molecule has 0 radical (unpaired) electrons. The van der Waals surface area contributed by atoms with Crippen LogP contribution in [0.25, 0.3) is 85.9 Å². The minimum atomic E-state index is 1.12. The first-order valence-electron chi connectivity index (χ1n) is 19.9. The third kappa shape index (κ3) is 4.31. The van der Waals surface area contributed by atoms with Crippen molar-refractivity contribution in [2.75, 3.05) is 4.90 Å². The van der Waals surface area contributed by atoms with Crippen molar-refractivity contribution in [3.8, 4) is 11.1 Å². The zero-order chi connectivity index (χ0) is 38.3. The summed E-state index contributed by atoms with van der Waals surface area (Å²) in [6, 6.07) is 54.5. The van der Waals surface area contributed by atoms with Crippen molar-refractivity contribution in [3.63, 3.8) is 0 Å². The molecule has 0 spiro atoms. The second-order valence-electron chi connectivity index (χ2n) is 15.9. The number of fused-ring (bicyclic) bond motifs is 12. The van der Waals surface area contributed by atoms with Crippen molar-refractivity contribution in [3.05, 3.63) is 173 Å². The Bertz CT molecular complexity index is 3600. The van der Waals surface area contributed by atoms with Crippen molar-refractivity contribution in [1.29, 1.82) is 0 Å². The minimum absolute atomic E-state index is 1.12. The predicted octanol–water partition coefficient (Wildman–Crippen LogP) is 15.3. The molecule has 4 heteroatoms. The number of nitrogens with zero attached hydrogens (tertiary/aromatic N) is 3. The summed E-state index contributed by atoms with van der Waals surface area (Å²) in [5, 5.41) is 7.69. The first-order chi connectivity index (χ1) is 27.9.